The number of carbonyl (C=O) groups excluding carboxylic acids is 1. The predicted molar refractivity (Wildman–Crippen MR) is 104 cm³/mol. The molecule has 0 radical (unpaired) electrons. The van der Waals surface area contributed by atoms with E-state index in [2.05, 4.69) is 20.4 Å². The first-order valence-corrected chi connectivity index (χ1v) is 9.60. The van der Waals surface area contributed by atoms with Crippen molar-refractivity contribution >= 4 is 23.4 Å². The Morgan fingerprint density at radius 2 is 1.83 bits per heavy atom. The van der Waals surface area contributed by atoms with Crippen LogP contribution < -0.4 is 5.32 Å². The summed E-state index contributed by atoms with van der Waals surface area (Å²) in [5.74, 6) is -0.513. The Morgan fingerprint density at radius 3 is 2.48 bits per heavy atom. The fraction of sp³-hybridized carbons (Fsp3) is 0.263. The number of alkyl halides is 3. The van der Waals surface area contributed by atoms with E-state index >= 15 is 0 Å². The van der Waals surface area contributed by atoms with Gasteiger partial charge in [-0.25, -0.2) is 14.6 Å². The second kappa shape index (κ2) is 8.24. The summed E-state index contributed by atoms with van der Waals surface area (Å²) < 4.78 is 39.9. The first kappa shape index (κ1) is 20.8. The number of hydrogen-bond acceptors (Lipinski definition) is 5. The van der Waals surface area contributed by atoms with Gasteiger partial charge in [-0.3, -0.25) is 4.79 Å². The molecule has 0 unspecified atom stereocenters. The fourth-order valence-electron chi connectivity index (χ4n) is 2.63. The lowest BCUT2D eigenvalue weighted by Gasteiger charge is -2.08. The van der Waals surface area contributed by atoms with E-state index in [1.807, 2.05) is 38.1 Å². The Morgan fingerprint density at radius 1 is 1.14 bits per heavy atom. The molecule has 0 spiro atoms. The highest BCUT2D eigenvalue weighted by Gasteiger charge is 2.32. The van der Waals surface area contributed by atoms with Crippen molar-refractivity contribution in [3.63, 3.8) is 0 Å². The van der Waals surface area contributed by atoms with Gasteiger partial charge in [0, 0.05) is 6.20 Å². The number of rotatable bonds is 5. The molecule has 10 heteroatoms. The van der Waals surface area contributed by atoms with E-state index in [1.54, 1.807) is 11.6 Å². The first-order chi connectivity index (χ1) is 13.6. The quantitative estimate of drug-likeness (QED) is 0.490. The van der Waals surface area contributed by atoms with Crippen LogP contribution in [0.5, 0.6) is 0 Å². The zero-order valence-corrected chi connectivity index (χ0v) is 16.7. The van der Waals surface area contributed by atoms with E-state index < -0.39 is 11.9 Å². The highest BCUT2D eigenvalue weighted by molar-refractivity contribution is 7.99. The Kier molecular flexibility index (Phi) is 5.92. The molecule has 0 fully saturated rings. The van der Waals surface area contributed by atoms with Gasteiger partial charge in [0.25, 0.3) is 0 Å². The van der Waals surface area contributed by atoms with Crippen LogP contribution in [0.2, 0.25) is 0 Å². The number of benzene rings is 1. The molecule has 0 saturated heterocycles. The number of nitrogens with one attached hydrogen (secondary N) is 1. The highest BCUT2D eigenvalue weighted by atomic mass is 32.2. The van der Waals surface area contributed by atoms with Gasteiger partial charge in [0.15, 0.2) is 5.16 Å². The summed E-state index contributed by atoms with van der Waals surface area (Å²) in [6.45, 7) is 5.59. The second-order valence-corrected chi connectivity index (χ2v) is 7.29. The number of amides is 1. The topological polar surface area (TPSA) is 72.7 Å². The monoisotopic (exact) mass is 421 g/mol. The lowest BCUT2D eigenvalue weighted by molar-refractivity contribution is -0.141. The molecule has 0 aliphatic carbocycles. The van der Waals surface area contributed by atoms with E-state index in [0.29, 0.717) is 11.4 Å². The molecule has 1 N–H and O–H groups in total. The SMILES string of the molecule is Cc1ccc(-n2nc(C)c(NC(=O)CSc3nccc(C(F)(F)F)n3)c2C)cc1. The number of carbonyl (C=O) groups is 1. The number of thioether (sulfide) groups is 1. The number of nitrogens with zero attached hydrogens (tertiary/aromatic N) is 4. The molecule has 2 heterocycles. The molecule has 2 aromatic heterocycles. The van der Waals surface area contributed by atoms with Crippen LogP contribution in [-0.2, 0) is 11.0 Å². The van der Waals surface area contributed by atoms with Gasteiger partial charge in [-0.15, -0.1) is 0 Å². The van der Waals surface area contributed by atoms with Crippen molar-refractivity contribution in [2.75, 3.05) is 11.1 Å². The van der Waals surface area contributed by atoms with Crippen LogP contribution in [0.3, 0.4) is 0 Å². The van der Waals surface area contributed by atoms with Gasteiger partial charge < -0.3 is 5.32 Å². The summed E-state index contributed by atoms with van der Waals surface area (Å²) in [5, 5.41) is 7.13. The molecular weight excluding hydrogens is 403 g/mol. The third kappa shape index (κ3) is 4.94. The molecule has 0 atom stereocenters. The molecule has 3 aromatic rings. The van der Waals surface area contributed by atoms with Gasteiger partial charge in [0.05, 0.1) is 28.5 Å². The third-order valence-electron chi connectivity index (χ3n) is 4.09. The van der Waals surface area contributed by atoms with Crippen molar-refractivity contribution in [2.45, 2.75) is 32.1 Å². The van der Waals surface area contributed by atoms with Crippen molar-refractivity contribution in [3.05, 3.63) is 59.2 Å². The van der Waals surface area contributed by atoms with Crippen molar-refractivity contribution in [2.24, 2.45) is 0 Å². The van der Waals surface area contributed by atoms with Crippen molar-refractivity contribution < 1.29 is 18.0 Å². The number of halogens is 3. The third-order valence-corrected chi connectivity index (χ3v) is 4.95. The van der Waals surface area contributed by atoms with Gasteiger partial charge in [0.2, 0.25) is 5.91 Å². The van der Waals surface area contributed by atoms with E-state index in [-0.39, 0.29) is 16.8 Å². The zero-order chi connectivity index (χ0) is 21.2. The molecule has 0 saturated carbocycles. The highest BCUT2D eigenvalue weighted by Crippen LogP contribution is 2.28. The smallest absolute Gasteiger partial charge is 0.322 e. The van der Waals surface area contributed by atoms with Crippen LogP contribution in [0.1, 0.15) is 22.6 Å². The molecule has 29 heavy (non-hydrogen) atoms. The van der Waals surface area contributed by atoms with E-state index in [4.69, 9.17) is 0 Å². The number of aryl methyl sites for hydroxylation is 2. The Balaban J connectivity index is 1.69. The van der Waals surface area contributed by atoms with Gasteiger partial charge >= 0.3 is 6.18 Å². The average Bonchev–Trinajstić information content (AvgIpc) is 2.95. The van der Waals surface area contributed by atoms with E-state index in [9.17, 15) is 18.0 Å². The molecule has 152 valence electrons. The molecule has 1 aromatic carbocycles. The van der Waals surface area contributed by atoms with Crippen molar-refractivity contribution in [1.82, 2.24) is 19.7 Å². The number of hydrogen-bond donors (Lipinski definition) is 1. The Labute approximate surface area is 169 Å². The molecule has 0 aliphatic rings. The van der Waals surface area contributed by atoms with Gasteiger partial charge in [-0.2, -0.15) is 18.3 Å². The zero-order valence-electron chi connectivity index (χ0n) is 15.9. The van der Waals surface area contributed by atoms with Crippen LogP contribution in [0.4, 0.5) is 18.9 Å². The molecule has 3 rings (SSSR count). The van der Waals surface area contributed by atoms with Crippen LogP contribution in [0.25, 0.3) is 5.69 Å². The second-order valence-electron chi connectivity index (χ2n) is 6.35. The van der Waals surface area contributed by atoms with Crippen LogP contribution in [0, 0.1) is 20.8 Å². The summed E-state index contributed by atoms with van der Waals surface area (Å²) in [6.07, 6.45) is -3.53. The summed E-state index contributed by atoms with van der Waals surface area (Å²) >= 11 is 0.833. The van der Waals surface area contributed by atoms with Gasteiger partial charge in [0.1, 0.15) is 5.69 Å². The van der Waals surface area contributed by atoms with E-state index in [1.165, 1.54) is 0 Å². The first-order valence-electron chi connectivity index (χ1n) is 8.61. The Bertz CT molecular complexity index is 1030. The molecular formula is C19H18F3N5OS. The lowest BCUT2D eigenvalue weighted by atomic mass is 10.2. The molecule has 0 bridgehead atoms. The minimum Gasteiger partial charge on any atom is -0.322 e. The van der Waals surface area contributed by atoms with Crippen LogP contribution >= 0.6 is 11.8 Å². The maximum absolute atomic E-state index is 12.7. The minimum atomic E-state index is -4.56. The predicted octanol–water partition coefficient (Wildman–Crippen LogP) is 4.34. The maximum atomic E-state index is 12.7. The summed E-state index contributed by atoms with van der Waals surface area (Å²) in [5.41, 5.74) is 2.90. The maximum Gasteiger partial charge on any atom is 0.433 e. The standard InChI is InChI=1S/C19H18F3N5OS/c1-11-4-6-14(7-5-11)27-13(3)17(12(2)26-27)25-16(28)10-29-18-23-9-8-15(24-18)19(20,21)22/h4-9H,10H2,1-3H3,(H,25,28). The Hall–Kier alpha value is -2.88. The minimum absolute atomic E-state index is 0.112. The average molecular weight is 421 g/mol. The fourth-order valence-corrected chi connectivity index (χ4v) is 3.27. The lowest BCUT2D eigenvalue weighted by Crippen LogP contribution is -2.16. The van der Waals surface area contributed by atoms with Crippen molar-refractivity contribution in [1.29, 1.82) is 0 Å². The van der Waals surface area contributed by atoms with Crippen LogP contribution in [0.15, 0.2) is 41.7 Å². The molecule has 1 amide bonds. The summed E-state index contributed by atoms with van der Waals surface area (Å²) in [7, 11) is 0. The molecule has 6 nitrogen and oxygen atoms in total. The molecule has 0 aliphatic heterocycles. The number of anilines is 1. The van der Waals surface area contributed by atoms with Gasteiger partial charge in [-0.1, -0.05) is 29.5 Å². The normalized spacial score (nSPS) is 11.5. The van der Waals surface area contributed by atoms with Crippen molar-refractivity contribution in [3.8, 4) is 5.69 Å². The number of aromatic nitrogens is 4. The summed E-state index contributed by atoms with van der Waals surface area (Å²) in [4.78, 5) is 19.5. The van der Waals surface area contributed by atoms with E-state index in [0.717, 1.165) is 41.0 Å². The largest absolute Gasteiger partial charge is 0.433 e. The van der Waals surface area contributed by atoms with Crippen LogP contribution in [-0.4, -0.2) is 31.4 Å². The van der Waals surface area contributed by atoms with Gasteiger partial charge in [-0.05, 0) is 39.0 Å². The summed E-state index contributed by atoms with van der Waals surface area (Å²) in [6, 6.07) is 8.59.